The summed E-state index contributed by atoms with van der Waals surface area (Å²) < 4.78 is 10.6. The first-order chi connectivity index (χ1) is 10.1. The second-order valence-electron chi connectivity index (χ2n) is 4.84. The van der Waals surface area contributed by atoms with Gasteiger partial charge in [-0.25, -0.2) is 0 Å². The lowest BCUT2D eigenvalue weighted by Crippen LogP contribution is -2.26. The summed E-state index contributed by atoms with van der Waals surface area (Å²) in [5.74, 6) is 0.139. The molecule has 21 heavy (non-hydrogen) atoms. The number of methoxy groups -OCH3 is 1. The topological polar surface area (TPSA) is 76.0 Å². The van der Waals surface area contributed by atoms with E-state index in [0.29, 0.717) is 11.3 Å². The molecule has 0 bridgehead atoms. The molecule has 2 aromatic rings. The average molecular weight is 286 g/mol. The quantitative estimate of drug-likeness (QED) is 0.887. The fourth-order valence-electron chi connectivity index (χ4n) is 2.42. The molecule has 0 aromatic heterocycles. The van der Waals surface area contributed by atoms with Gasteiger partial charge in [-0.1, -0.05) is 12.1 Å². The van der Waals surface area contributed by atoms with E-state index in [0.717, 1.165) is 5.56 Å². The summed E-state index contributed by atoms with van der Waals surface area (Å²) in [6.45, 7) is 0.197. The van der Waals surface area contributed by atoms with Gasteiger partial charge in [0, 0.05) is 6.07 Å². The maximum Gasteiger partial charge on any atom is 0.177 e. The number of phenolic OH excluding ortho intramolecular Hbond substituents is 2. The summed E-state index contributed by atoms with van der Waals surface area (Å²) in [6, 6.07) is 9.34. The van der Waals surface area contributed by atoms with E-state index in [1.54, 1.807) is 12.1 Å². The Bertz CT molecular complexity index is 691. The number of carbonyl (C=O) groups is 1. The van der Waals surface area contributed by atoms with E-state index in [-0.39, 0.29) is 29.6 Å². The Morgan fingerprint density at radius 2 is 1.90 bits per heavy atom. The summed E-state index contributed by atoms with van der Waals surface area (Å²) in [4.78, 5) is 12.6. The largest absolute Gasteiger partial charge is 0.508 e. The van der Waals surface area contributed by atoms with Crippen molar-refractivity contribution >= 4 is 5.78 Å². The molecule has 3 rings (SSSR count). The highest BCUT2D eigenvalue weighted by Gasteiger charge is 2.31. The highest BCUT2D eigenvalue weighted by Crippen LogP contribution is 2.39. The minimum atomic E-state index is -0.438. The van der Waals surface area contributed by atoms with Crippen LogP contribution in [0.4, 0.5) is 0 Å². The van der Waals surface area contributed by atoms with Crippen LogP contribution in [0.25, 0.3) is 0 Å². The lowest BCUT2D eigenvalue weighted by Gasteiger charge is -2.25. The van der Waals surface area contributed by atoms with Crippen LogP contribution in [0, 0.1) is 0 Å². The Balaban J connectivity index is 2.00. The van der Waals surface area contributed by atoms with Crippen LogP contribution in [-0.4, -0.2) is 29.7 Å². The van der Waals surface area contributed by atoms with Crippen molar-refractivity contribution in [1.82, 2.24) is 0 Å². The van der Waals surface area contributed by atoms with Gasteiger partial charge in [0.25, 0.3) is 0 Å². The van der Waals surface area contributed by atoms with Gasteiger partial charge in [-0.05, 0) is 23.8 Å². The van der Waals surface area contributed by atoms with Crippen molar-refractivity contribution in [2.45, 2.75) is 5.92 Å². The minimum Gasteiger partial charge on any atom is -0.508 e. The number of hydrogen-bond acceptors (Lipinski definition) is 5. The van der Waals surface area contributed by atoms with Crippen LogP contribution in [0.3, 0.4) is 0 Å². The summed E-state index contributed by atoms with van der Waals surface area (Å²) in [5, 5.41) is 19.0. The van der Waals surface area contributed by atoms with Crippen LogP contribution in [-0.2, 0) is 0 Å². The molecule has 2 aromatic carbocycles. The summed E-state index contributed by atoms with van der Waals surface area (Å²) in [5.41, 5.74) is 1.16. The van der Waals surface area contributed by atoms with Gasteiger partial charge in [0.05, 0.1) is 18.6 Å². The van der Waals surface area contributed by atoms with E-state index in [2.05, 4.69) is 0 Å². The van der Waals surface area contributed by atoms with Gasteiger partial charge in [-0.3, -0.25) is 4.79 Å². The molecule has 0 aliphatic carbocycles. The average Bonchev–Trinajstić information content (AvgIpc) is 2.48. The number of benzene rings is 2. The molecule has 5 nitrogen and oxygen atoms in total. The molecule has 0 fully saturated rings. The Hall–Kier alpha value is -2.69. The van der Waals surface area contributed by atoms with Gasteiger partial charge in [0.15, 0.2) is 17.3 Å². The van der Waals surface area contributed by atoms with Gasteiger partial charge in [-0.15, -0.1) is 0 Å². The van der Waals surface area contributed by atoms with E-state index >= 15 is 0 Å². The molecule has 1 aliphatic rings. The zero-order chi connectivity index (χ0) is 15.0. The van der Waals surface area contributed by atoms with Crippen molar-refractivity contribution in [1.29, 1.82) is 0 Å². The fourth-order valence-corrected chi connectivity index (χ4v) is 2.42. The minimum absolute atomic E-state index is 0.0628. The molecule has 5 heteroatoms. The van der Waals surface area contributed by atoms with E-state index in [1.807, 2.05) is 0 Å². The highest BCUT2D eigenvalue weighted by molar-refractivity contribution is 6.04. The van der Waals surface area contributed by atoms with Gasteiger partial charge in [-0.2, -0.15) is 0 Å². The van der Waals surface area contributed by atoms with Crippen molar-refractivity contribution < 1.29 is 24.5 Å². The van der Waals surface area contributed by atoms with Crippen LogP contribution in [0.2, 0.25) is 0 Å². The van der Waals surface area contributed by atoms with Crippen LogP contribution < -0.4 is 9.47 Å². The molecule has 1 heterocycles. The Morgan fingerprint density at radius 1 is 1.19 bits per heavy atom. The molecule has 0 saturated heterocycles. The normalized spacial score (nSPS) is 17.0. The third kappa shape index (κ3) is 2.27. The molecule has 0 radical (unpaired) electrons. The number of hydrogen-bond donors (Lipinski definition) is 2. The van der Waals surface area contributed by atoms with Gasteiger partial charge in [0.1, 0.15) is 18.1 Å². The predicted molar refractivity (Wildman–Crippen MR) is 75.3 cm³/mol. The van der Waals surface area contributed by atoms with E-state index < -0.39 is 5.92 Å². The van der Waals surface area contributed by atoms with Crippen molar-refractivity contribution in [3.63, 3.8) is 0 Å². The zero-order valence-corrected chi connectivity index (χ0v) is 11.4. The number of Topliss-reactive ketones (excluding diaryl/α,β-unsaturated/α-hetero) is 1. The molecule has 0 unspecified atom stereocenters. The molecular formula is C16H14O5. The molecular weight excluding hydrogens is 272 g/mol. The standard InChI is InChI=1S/C16H14O5/c1-20-15-6-11-14(7-13(15)18)21-8-12(16(11)19)9-2-4-10(17)5-3-9/h2-7,12,17-18H,8H2,1H3/t12-/m1/s1. The second kappa shape index (κ2) is 5.01. The lowest BCUT2D eigenvalue weighted by atomic mass is 9.89. The Kier molecular flexibility index (Phi) is 3.17. The van der Waals surface area contributed by atoms with Crippen LogP contribution in [0.15, 0.2) is 36.4 Å². The molecule has 0 spiro atoms. The summed E-state index contributed by atoms with van der Waals surface area (Å²) in [7, 11) is 1.42. The molecule has 1 atom stereocenters. The third-order valence-electron chi connectivity index (χ3n) is 3.56. The smallest absolute Gasteiger partial charge is 0.177 e. The zero-order valence-electron chi connectivity index (χ0n) is 11.4. The van der Waals surface area contributed by atoms with E-state index in [1.165, 1.54) is 31.4 Å². The van der Waals surface area contributed by atoms with Crippen molar-refractivity contribution in [3.05, 3.63) is 47.5 Å². The number of aromatic hydroxyl groups is 2. The first-order valence-electron chi connectivity index (χ1n) is 6.47. The lowest BCUT2D eigenvalue weighted by molar-refractivity contribution is 0.0895. The maximum atomic E-state index is 12.6. The summed E-state index contributed by atoms with van der Waals surface area (Å²) >= 11 is 0. The number of rotatable bonds is 2. The van der Waals surface area contributed by atoms with Crippen molar-refractivity contribution in [3.8, 4) is 23.0 Å². The first-order valence-corrected chi connectivity index (χ1v) is 6.47. The van der Waals surface area contributed by atoms with Gasteiger partial charge >= 0.3 is 0 Å². The van der Waals surface area contributed by atoms with E-state index in [4.69, 9.17) is 9.47 Å². The number of fused-ring (bicyclic) bond motifs is 1. The number of ketones is 1. The fraction of sp³-hybridized carbons (Fsp3) is 0.188. The van der Waals surface area contributed by atoms with Crippen LogP contribution >= 0.6 is 0 Å². The second-order valence-corrected chi connectivity index (χ2v) is 4.84. The molecule has 0 saturated carbocycles. The monoisotopic (exact) mass is 286 g/mol. The van der Waals surface area contributed by atoms with Crippen molar-refractivity contribution in [2.24, 2.45) is 0 Å². The molecule has 0 amide bonds. The number of ether oxygens (including phenoxy) is 2. The van der Waals surface area contributed by atoms with Crippen molar-refractivity contribution in [2.75, 3.05) is 13.7 Å². The number of carbonyl (C=O) groups excluding carboxylic acids is 1. The SMILES string of the molecule is COc1cc2c(cc1O)OC[C@H](c1ccc(O)cc1)C2=O. The van der Waals surface area contributed by atoms with Crippen LogP contribution in [0.1, 0.15) is 21.8 Å². The summed E-state index contributed by atoms with van der Waals surface area (Å²) in [6.07, 6.45) is 0. The Morgan fingerprint density at radius 3 is 2.57 bits per heavy atom. The Labute approximate surface area is 121 Å². The predicted octanol–water partition coefficient (Wildman–Crippen LogP) is 2.47. The van der Waals surface area contributed by atoms with Crippen LogP contribution in [0.5, 0.6) is 23.0 Å². The highest BCUT2D eigenvalue weighted by atomic mass is 16.5. The first kappa shape index (κ1) is 13.3. The number of phenols is 2. The van der Waals surface area contributed by atoms with Gasteiger partial charge in [0.2, 0.25) is 0 Å². The molecule has 108 valence electrons. The molecule has 1 aliphatic heterocycles. The molecule has 2 N–H and O–H groups in total. The third-order valence-corrected chi connectivity index (χ3v) is 3.56. The van der Waals surface area contributed by atoms with Gasteiger partial charge < -0.3 is 19.7 Å². The van der Waals surface area contributed by atoms with E-state index in [9.17, 15) is 15.0 Å². The maximum absolute atomic E-state index is 12.6.